The molecule has 0 bridgehead atoms. The molecule has 1 rings (SSSR count). The molecule has 0 saturated heterocycles. The molecular formula is C12H26N4O3SSi. The lowest BCUT2D eigenvalue weighted by Crippen LogP contribution is -2.43. The van der Waals surface area contributed by atoms with E-state index in [9.17, 15) is 0 Å². The van der Waals surface area contributed by atoms with E-state index in [1.54, 1.807) is 37.9 Å². The summed E-state index contributed by atoms with van der Waals surface area (Å²) in [4.78, 5) is 1.58. The maximum atomic E-state index is 5.37. The van der Waals surface area contributed by atoms with Crippen molar-refractivity contribution in [2.75, 3.05) is 27.1 Å². The van der Waals surface area contributed by atoms with Crippen LogP contribution in [0, 0.1) is 0 Å². The van der Waals surface area contributed by atoms with E-state index in [0.29, 0.717) is 12.6 Å². The van der Waals surface area contributed by atoms with Crippen molar-refractivity contribution in [1.29, 1.82) is 0 Å². The Labute approximate surface area is 132 Å². The number of aryl methyl sites for hydroxylation is 1. The first-order chi connectivity index (χ1) is 10.2. The van der Waals surface area contributed by atoms with Crippen LogP contribution in [0.3, 0.4) is 0 Å². The van der Waals surface area contributed by atoms with Crippen molar-refractivity contribution in [1.82, 2.24) is 20.2 Å². The van der Waals surface area contributed by atoms with Crippen molar-refractivity contribution in [2.24, 2.45) is 0 Å². The van der Waals surface area contributed by atoms with Crippen LogP contribution in [0.5, 0.6) is 0 Å². The van der Waals surface area contributed by atoms with Crippen molar-refractivity contribution in [3.63, 3.8) is 0 Å². The van der Waals surface area contributed by atoms with Crippen molar-refractivity contribution in [2.45, 2.75) is 50.4 Å². The normalized spacial score (nSPS) is 12.0. The third-order valence-corrected chi connectivity index (χ3v) is 6.83. The SMILES string of the molecule is CCCCCCSc1nnn(CC[Si](OC)(OC)OC)n1. The summed E-state index contributed by atoms with van der Waals surface area (Å²) < 4.78 is 16.1. The summed E-state index contributed by atoms with van der Waals surface area (Å²) in [5.74, 6) is 1.04. The lowest BCUT2D eigenvalue weighted by molar-refractivity contribution is 0.121. The van der Waals surface area contributed by atoms with Crippen LogP contribution in [0.2, 0.25) is 6.04 Å². The van der Waals surface area contributed by atoms with Gasteiger partial charge in [0.1, 0.15) is 0 Å². The molecule has 0 aromatic carbocycles. The molecule has 7 nitrogen and oxygen atoms in total. The van der Waals surface area contributed by atoms with Gasteiger partial charge in [0.05, 0.1) is 6.54 Å². The van der Waals surface area contributed by atoms with Gasteiger partial charge in [-0.3, -0.25) is 0 Å². The van der Waals surface area contributed by atoms with Crippen LogP contribution in [-0.4, -0.2) is 56.1 Å². The molecule has 0 aliphatic rings. The summed E-state index contributed by atoms with van der Waals surface area (Å²) in [5, 5.41) is 13.2. The first-order valence-corrected chi connectivity index (χ1v) is 10.2. The predicted molar refractivity (Wildman–Crippen MR) is 84.3 cm³/mol. The Morgan fingerprint density at radius 3 is 2.43 bits per heavy atom. The number of hydrogen-bond donors (Lipinski definition) is 0. The zero-order valence-electron chi connectivity index (χ0n) is 13.4. The number of thioether (sulfide) groups is 1. The van der Waals surface area contributed by atoms with Gasteiger partial charge in [-0.2, -0.15) is 4.80 Å². The first-order valence-electron chi connectivity index (χ1n) is 7.25. The summed E-state index contributed by atoms with van der Waals surface area (Å²) in [6.45, 7) is 2.79. The van der Waals surface area contributed by atoms with Gasteiger partial charge in [-0.15, -0.1) is 10.2 Å². The largest absolute Gasteiger partial charge is 0.502 e. The molecule has 0 radical (unpaired) electrons. The van der Waals surface area contributed by atoms with E-state index in [0.717, 1.165) is 10.9 Å². The van der Waals surface area contributed by atoms with Crippen LogP contribution < -0.4 is 0 Å². The molecule has 0 atom stereocenters. The molecule has 0 amide bonds. The highest BCUT2D eigenvalue weighted by atomic mass is 32.2. The molecule has 1 heterocycles. The number of tetrazole rings is 1. The second kappa shape index (κ2) is 10.3. The van der Waals surface area contributed by atoms with Gasteiger partial charge in [0, 0.05) is 33.1 Å². The summed E-state index contributed by atoms with van der Waals surface area (Å²) in [7, 11) is 2.24. The van der Waals surface area contributed by atoms with Crippen LogP contribution in [0.1, 0.15) is 32.6 Å². The van der Waals surface area contributed by atoms with E-state index < -0.39 is 8.80 Å². The van der Waals surface area contributed by atoms with Gasteiger partial charge < -0.3 is 13.3 Å². The van der Waals surface area contributed by atoms with Crippen LogP contribution in [0.4, 0.5) is 0 Å². The van der Waals surface area contributed by atoms with Gasteiger partial charge in [-0.1, -0.05) is 37.9 Å². The molecule has 122 valence electrons. The van der Waals surface area contributed by atoms with Crippen molar-refractivity contribution in [3.05, 3.63) is 0 Å². The molecule has 21 heavy (non-hydrogen) atoms. The van der Waals surface area contributed by atoms with E-state index in [2.05, 4.69) is 22.3 Å². The lowest BCUT2D eigenvalue weighted by atomic mass is 10.2. The predicted octanol–water partition coefficient (Wildman–Crippen LogP) is 2.22. The minimum Gasteiger partial charge on any atom is -0.377 e. The Morgan fingerprint density at radius 1 is 1.10 bits per heavy atom. The van der Waals surface area contributed by atoms with E-state index in [1.165, 1.54) is 25.7 Å². The number of unbranched alkanes of at least 4 members (excludes halogenated alkanes) is 3. The average molecular weight is 335 g/mol. The molecule has 0 N–H and O–H groups in total. The smallest absolute Gasteiger partial charge is 0.377 e. The van der Waals surface area contributed by atoms with Crippen LogP contribution >= 0.6 is 11.8 Å². The van der Waals surface area contributed by atoms with E-state index in [4.69, 9.17) is 13.3 Å². The summed E-state index contributed by atoms with van der Waals surface area (Å²) in [6, 6.07) is 0.619. The number of nitrogens with zero attached hydrogens (tertiary/aromatic N) is 4. The highest BCUT2D eigenvalue weighted by Gasteiger charge is 2.37. The van der Waals surface area contributed by atoms with E-state index in [1.807, 2.05) is 0 Å². The molecule has 1 aromatic rings. The highest BCUT2D eigenvalue weighted by molar-refractivity contribution is 7.99. The molecule has 0 spiro atoms. The number of rotatable bonds is 12. The Bertz CT molecular complexity index is 382. The Balaban J connectivity index is 2.34. The van der Waals surface area contributed by atoms with Gasteiger partial charge in [-0.25, -0.2) is 0 Å². The van der Waals surface area contributed by atoms with Crippen LogP contribution in [0.25, 0.3) is 0 Å². The zero-order chi connectivity index (χ0) is 15.6. The molecule has 0 fully saturated rings. The molecule has 9 heteroatoms. The van der Waals surface area contributed by atoms with Crippen LogP contribution in [-0.2, 0) is 19.8 Å². The minimum atomic E-state index is -2.57. The third-order valence-electron chi connectivity index (χ3n) is 3.21. The van der Waals surface area contributed by atoms with Gasteiger partial charge in [0.2, 0.25) is 5.16 Å². The molecule has 0 aliphatic heterocycles. The number of aromatic nitrogens is 4. The van der Waals surface area contributed by atoms with Gasteiger partial charge in [0.25, 0.3) is 0 Å². The van der Waals surface area contributed by atoms with Crippen molar-refractivity contribution in [3.8, 4) is 0 Å². The maximum absolute atomic E-state index is 5.37. The Morgan fingerprint density at radius 2 is 1.81 bits per heavy atom. The van der Waals surface area contributed by atoms with Crippen LogP contribution in [0.15, 0.2) is 5.16 Å². The fraction of sp³-hybridized carbons (Fsp3) is 0.917. The fourth-order valence-electron chi connectivity index (χ4n) is 1.87. The standard InChI is InChI=1S/C12H26N4O3SSi/c1-5-6-7-8-10-20-12-13-15-16(14-12)9-11-21(17-2,18-3)19-4/h5-11H2,1-4H3. The topological polar surface area (TPSA) is 71.3 Å². The van der Waals surface area contributed by atoms with E-state index in [-0.39, 0.29) is 0 Å². The van der Waals surface area contributed by atoms with Crippen molar-refractivity contribution < 1.29 is 13.3 Å². The Hall–Kier alpha value is -0.483. The molecule has 0 saturated carbocycles. The molecular weight excluding hydrogens is 308 g/mol. The average Bonchev–Trinajstić information content (AvgIpc) is 2.97. The minimum absolute atomic E-state index is 0.575. The first kappa shape index (κ1) is 18.6. The fourth-order valence-corrected chi connectivity index (χ4v) is 4.23. The van der Waals surface area contributed by atoms with Gasteiger partial charge in [-0.05, 0) is 11.6 Å². The van der Waals surface area contributed by atoms with E-state index >= 15 is 0 Å². The number of hydrogen-bond acceptors (Lipinski definition) is 7. The van der Waals surface area contributed by atoms with Gasteiger partial charge >= 0.3 is 8.80 Å². The van der Waals surface area contributed by atoms with Crippen molar-refractivity contribution >= 4 is 20.6 Å². The summed E-state index contributed by atoms with van der Waals surface area (Å²) >= 11 is 1.65. The second-order valence-corrected chi connectivity index (χ2v) is 8.78. The highest BCUT2D eigenvalue weighted by Crippen LogP contribution is 2.16. The molecule has 1 aromatic heterocycles. The summed E-state index contributed by atoms with van der Waals surface area (Å²) in [6.07, 6.45) is 5.00. The lowest BCUT2D eigenvalue weighted by Gasteiger charge is -2.23. The quantitative estimate of drug-likeness (QED) is 0.330. The second-order valence-electron chi connectivity index (χ2n) is 4.62. The maximum Gasteiger partial charge on any atom is 0.502 e. The summed E-state index contributed by atoms with van der Waals surface area (Å²) in [5.41, 5.74) is 0. The zero-order valence-corrected chi connectivity index (χ0v) is 15.2. The third kappa shape index (κ3) is 6.43. The molecule has 0 aliphatic carbocycles. The monoisotopic (exact) mass is 334 g/mol. The van der Waals surface area contributed by atoms with Gasteiger partial charge in [0.15, 0.2) is 0 Å². The molecule has 0 unspecified atom stereocenters. The Kier molecular flexibility index (Phi) is 9.09.